The topological polar surface area (TPSA) is 92.6 Å². The molecule has 0 spiro atoms. The first kappa shape index (κ1) is 14.5. The van der Waals surface area contributed by atoms with Gasteiger partial charge in [-0.2, -0.15) is 0 Å². The number of amides is 1. The van der Waals surface area contributed by atoms with E-state index in [2.05, 4.69) is 4.90 Å². The van der Waals surface area contributed by atoms with E-state index in [0.717, 1.165) is 37.9 Å². The maximum absolute atomic E-state index is 11.3. The molecule has 1 heterocycles. The molecule has 5 N–H and O–H groups in total. The minimum absolute atomic E-state index is 0.184. The van der Waals surface area contributed by atoms with Crippen molar-refractivity contribution in [2.75, 3.05) is 13.1 Å². The molecule has 0 saturated heterocycles. The summed E-state index contributed by atoms with van der Waals surface area (Å²) >= 11 is 0. The lowest BCUT2D eigenvalue weighted by molar-refractivity contribution is 0.0625. The van der Waals surface area contributed by atoms with Crippen molar-refractivity contribution in [2.45, 2.75) is 38.0 Å². The summed E-state index contributed by atoms with van der Waals surface area (Å²) in [4.78, 5) is 13.6. The van der Waals surface area contributed by atoms with Crippen molar-refractivity contribution in [1.29, 1.82) is 0 Å². The van der Waals surface area contributed by atoms with Gasteiger partial charge >= 0.3 is 0 Å². The third kappa shape index (κ3) is 2.81. The molecule has 0 bridgehead atoms. The molecule has 114 valence electrons. The van der Waals surface area contributed by atoms with Gasteiger partial charge in [-0.25, -0.2) is 0 Å². The average molecular weight is 289 g/mol. The van der Waals surface area contributed by atoms with Crippen molar-refractivity contribution in [3.05, 3.63) is 34.9 Å². The van der Waals surface area contributed by atoms with Crippen LogP contribution in [0.2, 0.25) is 0 Å². The van der Waals surface area contributed by atoms with Crippen LogP contribution < -0.4 is 11.5 Å². The van der Waals surface area contributed by atoms with Gasteiger partial charge < -0.3 is 16.6 Å². The van der Waals surface area contributed by atoms with Gasteiger partial charge in [0, 0.05) is 24.7 Å². The standard InChI is InChI=1S/C16H23N3O2/c17-8-10-5-14(15(20)6-10)19-4-3-11-1-2-12(16(18)21)7-13(11)9-19/h1-2,7,10,14-15,20H,3-6,8-9,17H2,(H2,18,21)/t10?,14-,15-/m1/s1. The van der Waals surface area contributed by atoms with Crippen LogP contribution in [0.3, 0.4) is 0 Å². The van der Waals surface area contributed by atoms with Gasteiger partial charge in [0.2, 0.25) is 5.91 Å². The van der Waals surface area contributed by atoms with Gasteiger partial charge in [0.1, 0.15) is 0 Å². The van der Waals surface area contributed by atoms with Crippen molar-refractivity contribution in [3.8, 4) is 0 Å². The SMILES string of the molecule is NCC1C[C@@H](O)[C@H](N2CCc3ccc(C(N)=O)cc3C2)C1. The number of fused-ring (bicyclic) bond motifs is 1. The number of aliphatic hydroxyl groups excluding tert-OH is 1. The van der Waals surface area contributed by atoms with Crippen molar-refractivity contribution >= 4 is 5.91 Å². The quantitative estimate of drug-likeness (QED) is 0.743. The summed E-state index contributed by atoms with van der Waals surface area (Å²) < 4.78 is 0. The molecule has 0 radical (unpaired) electrons. The first-order valence-corrected chi connectivity index (χ1v) is 7.62. The van der Waals surface area contributed by atoms with Crippen LogP contribution in [-0.2, 0) is 13.0 Å². The zero-order chi connectivity index (χ0) is 15.0. The molecule has 1 saturated carbocycles. The van der Waals surface area contributed by atoms with Gasteiger partial charge in [-0.05, 0) is 55.0 Å². The van der Waals surface area contributed by atoms with E-state index >= 15 is 0 Å². The Kier molecular flexibility index (Phi) is 3.97. The van der Waals surface area contributed by atoms with Crippen LogP contribution in [0, 0.1) is 5.92 Å². The Labute approximate surface area is 124 Å². The summed E-state index contributed by atoms with van der Waals surface area (Å²) in [7, 11) is 0. The number of aliphatic hydroxyl groups is 1. The summed E-state index contributed by atoms with van der Waals surface area (Å²) in [5, 5.41) is 10.3. The first-order valence-electron chi connectivity index (χ1n) is 7.62. The Bertz CT molecular complexity index is 546. The number of hydrogen-bond acceptors (Lipinski definition) is 4. The molecule has 1 fully saturated rings. The molecule has 1 unspecified atom stereocenters. The first-order chi connectivity index (χ1) is 10.1. The van der Waals surface area contributed by atoms with Crippen molar-refractivity contribution in [3.63, 3.8) is 0 Å². The van der Waals surface area contributed by atoms with Crippen LogP contribution in [0.1, 0.15) is 34.3 Å². The molecule has 21 heavy (non-hydrogen) atoms. The van der Waals surface area contributed by atoms with Crippen molar-refractivity contribution in [1.82, 2.24) is 4.90 Å². The van der Waals surface area contributed by atoms with Crippen LogP contribution in [0.25, 0.3) is 0 Å². The van der Waals surface area contributed by atoms with Gasteiger partial charge in [-0.1, -0.05) is 6.07 Å². The van der Waals surface area contributed by atoms with Crippen molar-refractivity contribution in [2.24, 2.45) is 17.4 Å². The zero-order valence-electron chi connectivity index (χ0n) is 12.2. The van der Waals surface area contributed by atoms with Gasteiger partial charge in [0.05, 0.1) is 6.10 Å². The highest BCUT2D eigenvalue weighted by Gasteiger charge is 2.37. The Morgan fingerprint density at radius 3 is 2.81 bits per heavy atom. The number of primary amides is 1. The van der Waals surface area contributed by atoms with Crippen LogP contribution in [0.15, 0.2) is 18.2 Å². The van der Waals surface area contributed by atoms with Gasteiger partial charge in [0.25, 0.3) is 0 Å². The molecule has 3 rings (SSSR count). The van der Waals surface area contributed by atoms with E-state index in [1.54, 1.807) is 6.07 Å². The number of rotatable bonds is 3. The molecule has 3 atom stereocenters. The maximum Gasteiger partial charge on any atom is 0.248 e. The van der Waals surface area contributed by atoms with Gasteiger partial charge in [0.15, 0.2) is 0 Å². The summed E-state index contributed by atoms with van der Waals surface area (Å²) in [6.07, 6.45) is 2.42. The predicted octanol–water partition coefficient (Wildman–Crippen LogP) is 0.242. The smallest absolute Gasteiger partial charge is 0.248 e. The minimum atomic E-state index is -0.390. The lowest BCUT2D eigenvalue weighted by atomic mass is 9.95. The Morgan fingerprint density at radius 1 is 1.33 bits per heavy atom. The molecular weight excluding hydrogens is 266 g/mol. The van der Waals surface area contributed by atoms with Gasteiger partial charge in [-0.15, -0.1) is 0 Å². The largest absolute Gasteiger partial charge is 0.391 e. The molecule has 5 heteroatoms. The van der Waals surface area contributed by atoms with Crippen LogP contribution >= 0.6 is 0 Å². The van der Waals surface area contributed by atoms with Crippen LogP contribution in [-0.4, -0.2) is 41.1 Å². The summed E-state index contributed by atoms with van der Waals surface area (Å²) in [5.41, 5.74) is 14.1. The van der Waals surface area contributed by atoms with E-state index in [1.807, 2.05) is 12.1 Å². The number of nitrogens with zero attached hydrogens (tertiary/aromatic N) is 1. The van der Waals surface area contributed by atoms with Crippen LogP contribution in [0.5, 0.6) is 0 Å². The highest BCUT2D eigenvalue weighted by Crippen LogP contribution is 2.32. The maximum atomic E-state index is 11.3. The average Bonchev–Trinajstić information content (AvgIpc) is 2.87. The second-order valence-corrected chi connectivity index (χ2v) is 6.28. The normalized spacial score (nSPS) is 29.3. The predicted molar refractivity (Wildman–Crippen MR) is 80.6 cm³/mol. The van der Waals surface area contributed by atoms with Crippen molar-refractivity contribution < 1.29 is 9.90 Å². The van der Waals surface area contributed by atoms with E-state index in [4.69, 9.17) is 11.5 Å². The van der Waals surface area contributed by atoms with Crippen LogP contribution in [0.4, 0.5) is 0 Å². The lowest BCUT2D eigenvalue weighted by Crippen LogP contribution is -2.43. The summed E-state index contributed by atoms with van der Waals surface area (Å²) in [6.45, 7) is 2.36. The molecule has 1 aromatic rings. The number of carbonyl (C=O) groups is 1. The van der Waals surface area contributed by atoms with E-state index in [-0.39, 0.29) is 18.1 Å². The number of hydrogen-bond donors (Lipinski definition) is 3. The fourth-order valence-corrected chi connectivity index (χ4v) is 3.69. The number of nitrogens with two attached hydrogens (primary N) is 2. The second kappa shape index (κ2) is 5.75. The van der Waals surface area contributed by atoms with E-state index in [9.17, 15) is 9.90 Å². The number of benzene rings is 1. The fourth-order valence-electron chi connectivity index (χ4n) is 3.69. The lowest BCUT2D eigenvalue weighted by Gasteiger charge is -2.35. The highest BCUT2D eigenvalue weighted by atomic mass is 16.3. The molecule has 1 aromatic carbocycles. The molecule has 2 aliphatic rings. The van der Waals surface area contributed by atoms with E-state index in [0.29, 0.717) is 18.0 Å². The van der Waals surface area contributed by atoms with E-state index in [1.165, 1.54) is 5.56 Å². The molecular formula is C16H23N3O2. The molecule has 1 amide bonds. The molecule has 1 aliphatic heterocycles. The second-order valence-electron chi connectivity index (χ2n) is 6.28. The third-order valence-corrected chi connectivity index (χ3v) is 4.93. The molecule has 1 aliphatic carbocycles. The third-order valence-electron chi connectivity index (χ3n) is 4.93. The molecule has 0 aromatic heterocycles. The van der Waals surface area contributed by atoms with Gasteiger partial charge in [-0.3, -0.25) is 9.69 Å². The summed E-state index contributed by atoms with van der Waals surface area (Å²) in [6, 6.07) is 5.88. The molecule has 5 nitrogen and oxygen atoms in total. The minimum Gasteiger partial charge on any atom is -0.391 e. The Balaban J connectivity index is 1.77. The van der Waals surface area contributed by atoms with E-state index < -0.39 is 0 Å². The fraction of sp³-hybridized carbons (Fsp3) is 0.562. The zero-order valence-corrected chi connectivity index (χ0v) is 12.2. The Morgan fingerprint density at radius 2 is 2.14 bits per heavy atom. The Hall–Kier alpha value is -1.43. The number of carbonyl (C=O) groups excluding carboxylic acids is 1. The highest BCUT2D eigenvalue weighted by molar-refractivity contribution is 5.93. The monoisotopic (exact) mass is 289 g/mol. The summed E-state index contributed by atoms with van der Waals surface area (Å²) in [5.74, 6) is 0.0300.